The second kappa shape index (κ2) is 6.69. The quantitative estimate of drug-likeness (QED) is 0.588. The molecule has 2 aliphatic heterocycles. The van der Waals surface area contributed by atoms with Crippen molar-refractivity contribution in [1.82, 2.24) is 4.98 Å². The number of para-hydroxylation sites is 1. The van der Waals surface area contributed by atoms with Crippen molar-refractivity contribution in [2.75, 3.05) is 6.61 Å². The van der Waals surface area contributed by atoms with Gasteiger partial charge in [0.2, 0.25) is 0 Å². The van der Waals surface area contributed by atoms with Crippen molar-refractivity contribution in [3.63, 3.8) is 0 Å². The monoisotopic (exact) mass is 491 g/mol. The number of carbonyl (C=O) groups is 2. The van der Waals surface area contributed by atoms with E-state index in [-0.39, 0.29) is 17.8 Å². The zero-order valence-corrected chi connectivity index (χ0v) is 21.3. The Balaban J connectivity index is 1.36. The summed E-state index contributed by atoms with van der Waals surface area (Å²) in [6, 6.07) is 8.43. The molecule has 36 heavy (non-hydrogen) atoms. The largest absolute Gasteiger partial charge is 0.454 e. The number of aliphatic hydroxyl groups is 1. The molecule has 7 nitrogen and oxygen atoms in total. The van der Waals surface area contributed by atoms with Crippen LogP contribution >= 0.6 is 0 Å². The van der Waals surface area contributed by atoms with Gasteiger partial charge >= 0.3 is 5.97 Å². The van der Waals surface area contributed by atoms with E-state index >= 15 is 0 Å². The summed E-state index contributed by atoms with van der Waals surface area (Å²) >= 11 is 0. The topological polar surface area (TPSA) is 97.9 Å². The summed E-state index contributed by atoms with van der Waals surface area (Å²) in [5.74, 6) is -1.55. The van der Waals surface area contributed by atoms with Crippen LogP contribution in [0.3, 0.4) is 0 Å². The lowest BCUT2D eigenvalue weighted by atomic mass is 9.42. The number of ketones is 1. The van der Waals surface area contributed by atoms with Crippen LogP contribution in [0, 0.1) is 11.3 Å². The minimum absolute atomic E-state index is 0.0409. The molecule has 1 saturated heterocycles. The highest BCUT2D eigenvalue weighted by molar-refractivity contribution is 5.97. The van der Waals surface area contributed by atoms with Crippen LogP contribution in [0.2, 0.25) is 0 Å². The van der Waals surface area contributed by atoms with Gasteiger partial charge < -0.3 is 24.3 Å². The van der Waals surface area contributed by atoms with Gasteiger partial charge in [0.25, 0.3) is 0 Å². The van der Waals surface area contributed by atoms with Crippen LogP contribution in [0.15, 0.2) is 35.9 Å². The first kappa shape index (κ1) is 22.7. The SMILES string of the molecule is CC(=O)O[C@]1(C)CO[C@@]23CC[C@@]4(C)[C@@]5(C)c6[nH]c7ccccc7c6C[C@@H]5CC[C@]4(O)C2=CC(=O)[C@H]1O3. The standard InChI is InChI=1S/C29H33NO6/c1-16(31)35-25(2)15-34-29-12-11-26(3)27(4)17(13-19-18-7-5-6-8-20(18)30-23(19)27)9-10-28(26,33)22(29)14-21(32)24(25)36-29/h5-8,14,17,24,30,33H,9-13,15H2,1-4H3/t17-,24+,25+,26-,27+,28-,29+/m0/s1. The Morgan fingerprint density at radius 3 is 2.72 bits per heavy atom. The lowest BCUT2D eigenvalue weighted by Gasteiger charge is -2.67. The molecule has 2 bridgehead atoms. The first-order valence-electron chi connectivity index (χ1n) is 13.1. The molecule has 7 atom stereocenters. The third-order valence-corrected chi connectivity index (χ3v) is 10.7. The number of rotatable bonds is 1. The van der Waals surface area contributed by atoms with E-state index in [1.165, 1.54) is 23.6 Å². The van der Waals surface area contributed by atoms with Gasteiger partial charge in [0.05, 0.1) is 12.2 Å². The van der Waals surface area contributed by atoms with E-state index in [9.17, 15) is 14.7 Å². The Bertz CT molecular complexity index is 1380. The van der Waals surface area contributed by atoms with Crippen LogP contribution in [0.4, 0.5) is 0 Å². The fourth-order valence-electron chi connectivity index (χ4n) is 8.65. The molecule has 1 aromatic carbocycles. The van der Waals surface area contributed by atoms with Crippen molar-refractivity contribution < 1.29 is 28.9 Å². The van der Waals surface area contributed by atoms with Crippen LogP contribution in [0.5, 0.6) is 0 Å². The van der Waals surface area contributed by atoms with Crippen molar-refractivity contribution in [1.29, 1.82) is 0 Å². The fourth-order valence-corrected chi connectivity index (χ4v) is 8.65. The van der Waals surface area contributed by atoms with Gasteiger partial charge in [-0.25, -0.2) is 0 Å². The highest BCUT2D eigenvalue weighted by Crippen LogP contribution is 2.71. The number of hydrogen-bond donors (Lipinski definition) is 2. The van der Waals surface area contributed by atoms with E-state index in [1.807, 2.05) is 6.07 Å². The minimum Gasteiger partial charge on any atom is -0.454 e. The predicted molar refractivity (Wildman–Crippen MR) is 131 cm³/mol. The Hall–Kier alpha value is -2.48. The number of nitrogens with one attached hydrogen (secondary N) is 1. The van der Waals surface area contributed by atoms with E-state index in [2.05, 4.69) is 37.0 Å². The van der Waals surface area contributed by atoms with Crippen molar-refractivity contribution in [2.24, 2.45) is 11.3 Å². The molecule has 3 heterocycles. The maximum absolute atomic E-state index is 13.4. The lowest BCUT2D eigenvalue weighted by molar-refractivity contribution is -0.350. The number of aromatic amines is 1. The van der Waals surface area contributed by atoms with Crippen molar-refractivity contribution >= 4 is 22.7 Å². The van der Waals surface area contributed by atoms with Gasteiger partial charge in [0.15, 0.2) is 23.3 Å². The lowest BCUT2D eigenvalue weighted by Crippen LogP contribution is -2.74. The summed E-state index contributed by atoms with van der Waals surface area (Å²) in [7, 11) is 0. The molecular formula is C29H33NO6. The van der Waals surface area contributed by atoms with Gasteiger partial charge in [-0.3, -0.25) is 9.59 Å². The molecule has 3 aliphatic carbocycles. The number of fused-ring (bicyclic) bond motifs is 9. The molecule has 1 spiro atoms. The van der Waals surface area contributed by atoms with Crippen molar-refractivity contribution in [3.05, 3.63) is 47.2 Å². The normalized spacial score (nSPS) is 44.8. The van der Waals surface area contributed by atoms with Gasteiger partial charge in [-0.15, -0.1) is 0 Å². The summed E-state index contributed by atoms with van der Waals surface area (Å²) in [6.45, 7) is 7.52. The third kappa shape index (κ3) is 2.40. The van der Waals surface area contributed by atoms with Crippen molar-refractivity contribution in [2.45, 2.75) is 88.3 Å². The molecule has 0 radical (unpaired) electrons. The molecule has 2 saturated carbocycles. The summed E-state index contributed by atoms with van der Waals surface area (Å²) in [4.78, 5) is 28.9. The number of H-pyrrole nitrogens is 1. The van der Waals surface area contributed by atoms with Gasteiger partial charge in [0, 0.05) is 46.3 Å². The van der Waals surface area contributed by atoms with Crippen LogP contribution < -0.4 is 0 Å². The van der Waals surface area contributed by atoms with E-state index in [0.29, 0.717) is 30.8 Å². The van der Waals surface area contributed by atoms with Crippen LogP contribution in [0.1, 0.15) is 64.6 Å². The summed E-state index contributed by atoms with van der Waals surface area (Å²) in [6.07, 6.45) is 4.17. The average Bonchev–Trinajstić information content (AvgIpc) is 3.34. The predicted octanol–water partition coefficient (Wildman–Crippen LogP) is 3.87. The number of ether oxygens (including phenoxy) is 3. The van der Waals surface area contributed by atoms with E-state index in [0.717, 1.165) is 18.4 Å². The maximum atomic E-state index is 13.4. The summed E-state index contributed by atoms with van der Waals surface area (Å²) in [5.41, 5.74) is 0.933. The highest BCUT2D eigenvalue weighted by atomic mass is 16.7. The molecule has 1 aromatic heterocycles. The second-order valence-electron chi connectivity index (χ2n) is 12.3. The van der Waals surface area contributed by atoms with Gasteiger partial charge in [0.1, 0.15) is 0 Å². The molecule has 5 aliphatic rings. The second-order valence-corrected chi connectivity index (χ2v) is 12.3. The summed E-state index contributed by atoms with van der Waals surface area (Å²) in [5, 5.41) is 13.9. The molecule has 2 N–H and O–H groups in total. The molecular weight excluding hydrogens is 458 g/mol. The smallest absolute Gasteiger partial charge is 0.303 e. The zero-order valence-electron chi connectivity index (χ0n) is 21.3. The number of aromatic nitrogens is 1. The summed E-state index contributed by atoms with van der Waals surface area (Å²) < 4.78 is 18.2. The number of benzene rings is 1. The minimum atomic E-state index is -1.27. The fraction of sp³-hybridized carbons (Fsp3) is 0.586. The Morgan fingerprint density at radius 1 is 1.17 bits per heavy atom. The van der Waals surface area contributed by atoms with E-state index < -0.39 is 34.5 Å². The van der Waals surface area contributed by atoms with Gasteiger partial charge in [-0.2, -0.15) is 0 Å². The van der Waals surface area contributed by atoms with Gasteiger partial charge in [-0.1, -0.05) is 32.0 Å². The number of hydrogen-bond acceptors (Lipinski definition) is 6. The maximum Gasteiger partial charge on any atom is 0.303 e. The van der Waals surface area contributed by atoms with Crippen molar-refractivity contribution in [3.8, 4) is 0 Å². The Kier molecular flexibility index (Phi) is 4.21. The van der Waals surface area contributed by atoms with Crippen LogP contribution in [0.25, 0.3) is 10.9 Å². The number of esters is 1. The van der Waals surface area contributed by atoms with Gasteiger partial charge in [-0.05, 0) is 56.2 Å². The average molecular weight is 492 g/mol. The zero-order chi connectivity index (χ0) is 25.3. The molecule has 7 heteroatoms. The van der Waals surface area contributed by atoms with Crippen LogP contribution in [-0.4, -0.2) is 51.5 Å². The van der Waals surface area contributed by atoms with E-state index in [4.69, 9.17) is 14.2 Å². The third-order valence-electron chi connectivity index (χ3n) is 10.7. The molecule has 0 amide bonds. The molecule has 2 aromatic rings. The first-order chi connectivity index (χ1) is 17.0. The first-order valence-corrected chi connectivity index (χ1v) is 13.1. The molecule has 190 valence electrons. The molecule has 3 fully saturated rings. The Labute approximate surface area is 210 Å². The Morgan fingerprint density at radius 2 is 1.94 bits per heavy atom. The molecule has 7 rings (SSSR count). The van der Waals surface area contributed by atoms with Crippen LogP contribution in [-0.2, 0) is 35.6 Å². The van der Waals surface area contributed by atoms with E-state index in [1.54, 1.807) is 13.0 Å². The number of carbonyl (C=O) groups excluding carboxylic acids is 2. The highest BCUT2D eigenvalue weighted by Gasteiger charge is 2.74. The molecule has 0 unspecified atom stereocenters.